The van der Waals surface area contributed by atoms with Crippen LogP contribution >= 0.6 is 0 Å². The second-order valence-corrected chi connectivity index (χ2v) is 4.86. The summed E-state index contributed by atoms with van der Waals surface area (Å²) in [4.78, 5) is 0. The average Bonchev–Trinajstić information content (AvgIpc) is 2.57. The Balaban J connectivity index is 2.54. The van der Waals surface area contributed by atoms with Crippen LogP contribution < -0.4 is 0 Å². The normalized spacial score (nSPS) is 16.4. The Bertz CT molecular complexity index is 483. The monoisotopic (exact) mass is 310 g/mol. The third-order valence-electron chi connectivity index (χ3n) is 3.21. The molecule has 0 heterocycles. The van der Waals surface area contributed by atoms with E-state index in [1.165, 1.54) is 0 Å². The van der Waals surface area contributed by atoms with Crippen LogP contribution in [-0.2, 0) is 11.3 Å². The maximum atomic E-state index is 9.97. The van der Waals surface area contributed by atoms with Crippen LogP contribution in [0.4, 0.5) is 0 Å². The van der Waals surface area contributed by atoms with Gasteiger partial charge in [0, 0.05) is 5.57 Å². The van der Waals surface area contributed by atoms with Crippen LogP contribution in [0.2, 0.25) is 0 Å². The van der Waals surface area contributed by atoms with Gasteiger partial charge in [0.25, 0.3) is 0 Å². The number of aliphatic hydroxyl groups excluding tert-OH is 5. The number of ether oxygens (including phenoxy) is 1. The maximum absolute atomic E-state index is 9.97. The van der Waals surface area contributed by atoms with Crippen molar-refractivity contribution in [1.82, 2.24) is 0 Å². The summed E-state index contributed by atoms with van der Waals surface area (Å²) in [6, 6.07) is 9.38. The second kappa shape index (κ2) is 9.50. The van der Waals surface area contributed by atoms with Gasteiger partial charge >= 0.3 is 0 Å². The predicted octanol–water partition coefficient (Wildman–Crippen LogP) is -0.650. The lowest BCUT2D eigenvalue weighted by molar-refractivity contribution is -0.108. The fourth-order valence-electron chi connectivity index (χ4n) is 1.82. The van der Waals surface area contributed by atoms with Crippen LogP contribution in [0.3, 0.4) is 0 Å². The minimum atomic E-state index is -1.70. The highest BCUT2D eigenvalue weighted by Gasteiger charge is 2.31. The molecular weight excluding hydrogens is 288 g/mol. The van der Waals surface area contributed by atoms with E-state index >= 15 is 0 Å². The molecule has 4 atom stereocenters. The molecule has 6 nitrogen and oxygen atoms in total. The SMILES string of the molecule is C=C=C(COCc1ccccc1)[C@H](O)[C@@H](O)[C@H](O)[C@H](O)CO. The highest BCUT2D eigenvalue weighted by molar-refractivity contribution is 5.14. The standard InChI is InChI=1S/C16H22O6/c1-2-12(10-22-9-11-6-4-3-5-7-11)14(19)16(21)15(20)13(18)8-17/h3-7,13-21H,1,8-10H2/t13-,14+,15-,16-/m1/s1. The minimum Gasteiger partial charge on any atom is -0.394 e. The molecule has 1 aromatic carbocycles. The van der Waals surface area contributed by atoms with E-state index < -0.39 is 31.0 Å². The number of rotatable bonds is 9. The minimum absolute atomic E-state index is 0.0431. The number of aliphatic hydroxyl groups is 5. The molecule has 22 heavy (non-hydrogen) atoms. The van der Waals surface area contributed by atoms with Crippen LogP contribution in [0, 0.1) is 0 Å². The molecule has 0 aliphatic carbocycles. The average molecular weight is 310 g/mol. The Morgan fingerprint density at radius 2 is 1.73 bits per heavy atom. The summed E-state index contributed by atoms with van der Waals surface area (Å²) >= 11 is 0. The lowest BCUT2D eigenvalue weighted by Gasteiger charge is -2.26. The first-order valence-electron chi connectivity index (χ1n) is 6.84. The molecule has 0 saturated heterocycles. The van der Waals surface area contributed by atoms with Gasteiger partial charge in [-0.05, 0) is 5.56 Å². The van der Waals surface area contributed by atoms with Gasteiger partial charge in [0.1, 0.15) is 24.4 Å². The summed E-state index contributed by atoms with van der Waals surface area (Å²) < 4.78 is 5.41. The second-order valence-electron chi connectivity index (χ2n) is 4.86. The first-order chi connectivity index (χ1) is 10.5. The third kappa shape index (κ3) is 5.36. The maximum Gasteiger partial charge on any atom is 0.113 e. The molecule has 5 N–H and O–H groups in total. The van der Waals surface area contributed by atoms with Crippen molar-refractivity contribution in [2.45, 2.75) is 31.0 Å². The molecular formula is C16H22O6. The number of hydrogen-bond donors (Lipinski definition) is 5. The summed E-state index contributed by atoms with van der Waals surface area (Å²) in [6.45, 7) is 2.93. The Hall–Kier alpha value is -1.50. The van der Waals surface area contributed by atoms with Crippen molar-refractivity contribution < 1.29 is 30.3 Å². The zero-order valence-electron chi connectivity index (χ0n) is 12.2. The van der Waals surface area contributed by atoms with Gasteiger partial charge in [-0.15, -0.1) is 5.73 Å². The van der Waals surface area contributed by atoms with Gasteiger partial charge in [-0.25, -0.2) is 0 Å². The van der Waals surface area contributed by atoms with Gasteiger partial charge in [0.15, 0.2) is 0 Å². The summed E-state index contributed by atoms with van der Waals surface area (Å²) in [5.41, 5.74) is 3.54. The molecule has 122 valence electrons. The zero-order chi connectivity index (χ0) is 16.5. The predicted molar refractivity (Wildman–Crippen MR) is 79.9 cm³/mol. The highest BCUT2D eigenvalue weighted by Crippen LogP contribution is 2.13. The van der Waals surface area contributed by atoms with E-state index in [-0.39, 0.29) is 12.2 Å². The lowest BCUT2D eigenvalue weighted by atomic mass is 9.98. The summed E-state index contributed by atoms with van der Waals surface area (Å²) in [5.74, 6) is 0. The molecule has 0 bridgehead atoms. The van der Waals surface area contributed by atoms with Crippen LogP contribution in [0.25, 0.3) is 0 Å². The molecule has 0 aliphatic heterocycles. The quantitative estimate of drug-likeness (QED) is 0.388. The van der Waals surface area contributed by atoms with Crippen LogP contribution in [0.1, 0.15) is 5.56 Å². The number of benzene rings is 1. The van der Waals surface area contributed by atoms with Crippen LogP contribution in [0.5, 0.6) is 0 Å². The van der Waals surface area contributed by atoms with E-state index in [4.69, 9.17) is 9.84 Å². The van der Waals surface area contributed by atoms with Crippen molar-refractivity contribution in [1.29, 1.82) is 0 Å². The zero-order valence-corrected chi connectivity index (χ0v) is 12.2. The molecule has 0 spiro atoms. The Kier molecular flexibility index (Phi) is 8.01. The van der Waals surface area contributed by atoms with Crippen molar-refractivity contribution in [2.24, 2.45) is 0 Å². The van der Waals surface area contributed by atoms with Gasteiger partial charge in [-0.1, -0.05) is 36.9 Å². The molecule has 0 amide bonds. The Morgan fingerprint density at radius 3 is 2.27 bits per heavy atom. The summed E-state index contributed by atoms with van der Waals surface area (Å²) in [5, 5.41) is 47.4. The van der Waals surface area contributed by atoms with Crippen molar-refractivity contribution in [3.05, 3.63) is 53.8 Å². The van der Waals surface area contributed by atoms with E-state index in [0.717, 1.165) is 5.56 Å². The van der Waals surface area contributed by atoms with E-state index in [2.05, 4.69) is 12.3 Å². The van der Waals surface area contributed by atoms with Gasteiger partial charge in [0.2, 0.25) is 0 Å². The first-order valence-corrected chi connectivity index (χ1v) is 6.84. The van der Waals surface area contributed by atoms with E-state index in [0.29, 0.717) is 6.61 Å². The van der Waals surface area contributed by atoms with E-state index in [1.807, 2.05) is 30.3 Å². The topological polar surface area (TPSA) is 110 Å². The van der Waals surface area contributed by atoms with Crippen molar-refractivity contribution >= 4 is 0 Å². The van der Waals surface area contributed by atoms with Crippen molar-refractivity contribution in [3.8, 4) is 0 Å². The highest BCUT2D eigenvalue weighted by atomic mass is 16.5. The van der Waals surface area contributed by atoms with E-state index in [1.54, 1.807) is 0 Å². The first kappa shape index (κ1) is 18.5. The van der Waals surface area contributed by atoms with Gasteiger partial charge in [-0.3, -0.25) is 0 Å². The molecule has 0 unspecified atom stereocenters. The van der Waals surface area contributed by atoms with Crippen LogP contribution in [0.15, 0.2) is 48.2 Å². The fourth-order valence-corrected chi connectivity index (χ4v) is 1.82. The Labute approximate surface area is 129 Å². The van der Waals surface area contributed by atoms with Crippen molar-refractivity contribution in [3.63, 3.8) is 0 Å². The van der Waals surface area contributed by atoms with Crippen LogP contribution in [-0.4, -0.2) is 63.2 Å². The molecule has 0 saturated carbocycles. The van der Waals surface area contributed by atoms with Gasteiger partial charge in [0.05, 0.1) is 19.8 Å². The smallest absolute Gasteiger partial charge is 0.113 e. The largest absolute Gasteiger partial charge is 0.394 e. The van der Waals surface area contributed by atoms with Crippen molar-refractivity contribution in [2.75, 3.05) is 13.2 Å². The summed E-state index contributed by atoms with van der Waals surface area (Å²) in [7, 11) is 0. The molecule has 0 aromatic heterocycles. The summed E-state index contributed by atoms with van der Waals surface area (Å²) in [6.07, 6.45) is -6.45. The fraction of sp³-hybridized carbons (Fsp3) is 0.438. The molecule has 1 rings (SSSR count). The molecule has 0 fully saturated rings. The van der Waals surface area contributed by atoms with E-state index in [9.17, 15) is 20.4 Å². The molecule has 6 heteroatoms. The molecule has 1 aromatic rings. The van der Waals surface area contributed by atoms with Gasteiger partial charge < -0.3 is 30.3 Å². The molecule has 0 radical (unpaired) electrons. The number of hydrogen-bond acceptors (Lipinski definition) is 6. The molecule has 0 aliphatic rings. The third-order valence-corrected chi connectivity index (χ3v) is 3.21. The lowest BCUT2D eigenvalue weighted by Crippen LogP contribution is -2.46. The Morgan fingerprint density at radius 1 is 1.09 bits per heavy atom. The van der Waals surface area contributed by atoms with Gasteiger partial charge in [-0.2, -0.15) is 0 Å².